The summed E-state index contributed by atoms with van der Waals surface area (Å²) in [5.41, 5.74) is 2.45. The van der Waals surface area contributed by atoms with Gasteiger partial charge in [-0.2, -0.15) is 4.98 Å². The largest absolute Gasteiger partial charge is 0.573 e. The molecular weight excluding hydrogens is 478 g/mol. The average molecular weight is 497 g/mol. The van der Waals surface area contributed by atoms with E-state index in [2.05, 4.69) is 25.0 Å². The van der Waals surface area contributed by atoms with E-state index in [-0.39, 0.29) is 36.4 Å². The molecule has 0 atom stereocenters. The van der Waals surface area contributed by atoms with Gasteiger partial charge in [-0.15, -0.1) is 13.2 Å². The second-order valence-corrected chi connectivity index (χ2v) is 7.90. The summed E-state index contributed by atoms with van der Waals surface area (Å²) < 4.78 is 63.5. The van der Waals surface area contributed by atoms with Crippen molar-refractivity contribution in [1.82, 2.24) is 15.0 Å². The summed E-state index contributed by atoms with van der Waals surface area (Å²) in [6.07, 6.45) is -1.83. The summed E-state index contributed by atoms with van der Waals surface area (Å²) in [6, 6.07) is 13.9. The molecule has 1 aliphatic heterocycles. The molecule has 11 heteroatoms. The van der Waals surface area contributed by atoms with Crippen molar-refractivity contribution in [1.29, 1.82) is 0 Å². The fraction of sp³-hybridized carbons (Fsp3) is 0.160. The van der Waals surface area contributed by atoms with Crippen LogP contribution in [-0.4, -0.2) is 34.5 Å². The predicted molar refractivity (Wildman–Crippen MR) is 125 cm³/mol. The van der Waals surface area contributed by atoms with Crippen LogP contribution in [0.3, 0.4) is 0 Å². The zero-order valence-corrected chi connectivity index (χ0v) is 18.9. The van der Waals surface area contributed by atoms with Gasteiger partial charge in [-0.1, -0.05) is 12.1 Å². The number of rotatable bonds is 5. The third-order valence-electron chi connectivity index (χ3n) is 5.38. The molecule has 1 N–H and O–H groups in total. The summed E-state index contributed by atoms with van der Waals surface area (Å²) in [6.45, 7) is 2.27. The summed E-state index contributed by atoms with van der Waals surface area (Å²) in [4.78, 5) is 14.3. The smallest absolute Gasteiger partial charge is 0.486 e. The van der Waals surface area contributed by atoms with Crippen LogP contribution < -0.4 is 19.7 Å². The SMILES string of the molecule is Cc1cc(-c2ccc(Nc3ncc4c(n3)N(c3ccccc3OC(F)(F)F)CCO4)cc2F)ccn1. The van der Waals surface area contributed by atoms with E-state index in [4.69, 9.17) is 4.74 Å². The Labute approximate surface area is 203 Å². The van der Waals surface area contributed by atoms with Crippen molar-refractivity contribution >= 4 is 23.1 Å². The number of hydrogen-bond donors (Lipinski definition) is 1. The number of ether oxygens (including phenoxy) is 2. The van der Waals surface area contributed by atoms with Crippen LogP contribution in [0.5, 0.6) is 11.5 Å². The first kappa shape index (κ1) is 23.3. The lowest BCUT2D eigenvalue weighted by Crippen LogP contribution is -2.31. The highest BCUT2D eigenvalue weighted by molar-refractivity contribution is 5.73. The molecule has 1 aliphatic rings. The molecule has 2 aromatic heterocycles. The topological polar surface area (TPSA) is 72.4 Å². The highest BCUT2D eigenvalue weighted by Gasteiger charge is 2.34. The minimum absolute atomic E-state index is 0.116. The molecule has 3 heterocycles. The molecule has 0 radical (unpaired) electrons. The Kier molecular flexibility index (Phi) is 6.05. The molecule has 0 fully saturated rings. The average Bonchev–Trinajstić information content (AvgIpc) is 2.83. The van der Waals surface area contributed by atoms with Crippen LogP contribution in [0.4, 0.5) is 40.7 Å². The lowest BCUT2D eigenvalue weighted by atomic mass is 10.1. The standard InChI is InChI=1S/C25H19F4N5O2/c1-15-12-16(8-9-30-15)18-7-6-17(13-19(18)26)32-24-31-14-22-23(33-24)34(10-11-35-22)20-4-2-3-5-21(20)36-25(27,28)29/h2-9,12-14H,10-11H2,1H3,(H,31,32,33). The van der Waals surface area contributed by atoms with Gasteiger partial charge in [0.05, 0.1) is 18.4 Å². The van der Waals surface area contributed by atoms with Crippen molar-refractivity contribution in [3.05, 3.63) is 78.5 Å². The van der Waals surface area contributed by atoms with E-state index in [1.165, 1.54) is 30.5 Å². The highest BCUT2D eigenvalue weighted by atomic mass is 19.4. The van der Waals surface area contributed by atoms with Gasteiger partial charge >= 0.3 is 6.36 Å². The van der Waals surface area contributed by atoms with Crippen molar-refractivity contribution in [2.24, 2.45) is 0 Å². The number of pyridine rings is 1. The van der Waals surface area contributed by atoms with Crippen molar-refractivity contribution in [3.63, 3.8) is 0 Å². The second kappa shape index (κ2) is 9.33. The first-order chi connectivity index (χ1) is 17.3. The first-order valence-electron chi connectivity index (χ1n) is 10.9. The lowest BCUT2D eigenvalue weighted by Gasteiger charge is -2.31. The molecule has 36 heavy (non-hydrogen) atoms. The monoisotopic (exact) mass is 497 g/mol. The molecular formula is C25H19F4N5O2. The van der Waals surface area contributed by atoms with E-state index >= 15 is 0 Å². The minimum atomic E-state index is -4.85. The Morgan fingerprint density at radius 3 is 2.67 bits per heavy atom. The molecule has 0 amide bonds. The number of halogens is 4. The maximum atomic E-state index is 14.9. The normalized spacial score (nSPS) is 13.1. The summed E-state index contributed by atoms with van der Waals surface area (Å²) in [5.74, 6) is -0.156. The quantitative estimate of drug-likeness (QED) is 0.331. The first-order valence-corrected chi connectivity index (χ1v) is 10.9. The van der Waals surface area contributed by atoms with Crippen LogP contribution in [0, 0.1) is 12.7 Å². The van der Waals surface area contributed by atoms with E-state index in [9.17, 15) is 17.6 Å². The van der Waals surface area contributed by atoms with E-state index in [1.807, 2.05) is 6.92 Å². The predicted octanol–water partition coefficient (Wildman–Crippen LogP) is 6.16. The molecule has 7 nitrogen and oxygen atoms in total. The van der Waals surface area contributed by atoms with Crippen molar-refractivity contribution in [2.75, 3.05) is 23.4 Å². The van der Waals surface area contributed by atoms with Crippen molar-refractivity contribution in [3.8, 4) is 22.6 Å². The summed E-state index contributed by atoms with van der Waals surface area (Å²) in [5, 5.41) is 2.94. The Morgan fingerprint density at radius 2 is 1.89 bits per heavy atom. The number of benzene rings is 2. The Bertz CT molecular complexity index is 1410. The molecule has 0 bridgehead atoms. The molecule has 0 unspecified atom stereocenters. The van der Waals surface area contributed by atoms with Gasteiger partial charge in [0.25, 0.3) is 0 Å². The number of hydrogen-bond acceptors (Lipinski definition) is 7. The number of para-hydroxylation sites is 2. The van der Waals surface area contributed by atoms with Gasteiger partial charge in [-0.05, 0) is 55.0 Å². The molecule has 5 rings (SSSR count). The number of anilines is 4. The van der Waals surface area contributed by atoms with Gasteiger partial charge in [0, 0.05) is 23.1 Å². The van der Waals surface area contributed by atoms with Gasteiger partial charge < -0.3 is 19.7 Å². The number of nitrogens with zero attached hydrogens (tertiary/aromatic N) is 4. The molecule has 0 spiro atoms. The van der Waals surface area contributed by atoms with Gasteiger partial charge in [0.1, 0.15) is 12.4 Å². The number of aromatic nitrogens is 3. The van der Waals surface area contributed by atoms with Gasteiger partial charge in [0.15, 0.2) is 17.3 Å². The van der Waals surface area contributed by atoms with Crippen LogP contribution in [0.1, 0.15) is 5.69 Å². The molecule has 0 saturated carbocycles. The Balaban J connectivity index is 1.44. The number of aryl methyl sites for hydroxylation is 1. The number of nitrogens with one attached hydrogen (secondary N) is 1. The van der Waals surface area contributed by atoms with E-state index in [1.54, 1.807) is 41.4 Å². The molecule has 2 aromatic carbocycles. The van der Waals surface area contributed by atoms with Gasteiger partial charge in [-0.3, -0.25) is 4.98 Å². The van der Waals surface area contributed by atoms with Gasteiger partial charge in [-0.25, -0.2) is 9.37 Å². The molecule has 184 valence electrons. The lowest BCUT2D eigenvalue weighted by molar-refractivity contribution is -0.274. The van der Waals surface area contributed by atoms with Gasteiger partial charge in [0.2, 0.25) is 5.95 Å². The van der Waals surface area contributed by atoms with Crippen molar-refractivity contribution < 1.29 is 27.0 Å². The highest BCUT2D eigenvalue weighted by Crippen LogP contribution is 2.41. The second-order valence-electron chi connectivity index (χ2n) is 7.90. The van der Waals surface area contributed by atoms with E-state index < -0.39 is 12.2 Å². The third-order valence-corrected chi connectivity index (χ3v) is 5.38. The van der Waals surface area contributed by atoms with Crippen LogP contribution >= 0.6 is 0 Å². The molecule has 0 aliphatic carbocycles. The van der Waals surface area contributed by atoms with Crippen LogP contribution in [0.15, 0.2) is 67.0 Å². The van der Waals surface area contributed by atoms with Crippen LogP contribution in [0.2, 0.25) is 0 Å². The fourth-order valence-corrected chi connectivity index (χ4v) is 3.86. The molecule has 0 saturated heterocycles. The zero-order chi connectivity index (χ0) is 25.3. The van der Waals surface area contributed by atoms with Crippen molar-refractivity contribution in [2.45, 2.75) is 13.3 Å². The van der Waals surface area contributed by atoms with E-state index in [0.717, 1.165) is 5.69 Å². The molecule has 4 aromatic rings. The third kappa shape index (κ3) is 4.99. The Morgan fingerprint density at radius 1 is 1.06 bits per heavy atom. The fourth-order valence-electron chi connectivity index (χ4n) is 3.86. The number of fused-ring (bicyclic) bond motifs is 1. The van der Waals surface area contributed by atoms with Crippen LogP contribution in [-0.2, 0) is 0 Å². The zero-order valence-electron chi connectivity index (χ0n) is 18.9. The summed E-state index contributed by atoms with van der Waals surface area (Å²) >= 11 is 0. The van der Waals surface area contributed by atoms with E-state index in [0.29, 0.717) is 22.6 Å². The number of alkyl halides is 3. The minimum Gasteiger partial charge on any atom is -0.486 e. The van der Waals surface area contributed by atoms with Crippen LogP contribution in [0.25, 0.3) is 11.1 Å². The Hall–Kier alpha value is -4.41. The summed E-state index contributed by atoms with van der Waals surface area (Å²) in [7, 11) is 0. The maximum absolute atomic E-state index is 14.9. The maximum Gasteiger partial charge on any atom is 0.573 e.